The van der Waals surface area contributed by atoms with Gasteiger partial charge in [0.15, 0.2) is 5.78 Å². The summed E-state index contributed by atoms with van der Waals surface area (Å²) < 4.78 is 0. The minimum atomic E-state index is 0.0680. The number of hydrogen-bond donors (Lipinski definition) is 0. The van der Waals surface area contributed by atoms with E-state index in [0.717, 1.165) is 47.4 Å². The first-order chi connectivity index (χ1) is 14.7. The molecule has 1 aliphatic rings. The number of hydrogen-bond acceptors (Lipinski definition) is 3. The van der Waals surface area contributed by atoms with Crippen molar-refractivity contribution < 1.29 is 4.79 Å². The summed E-state index contributed by atoms with van der Waals surface area (Å²) in [7, 11) is 0. The first-order valence-corrected chi connectivity index (χ1v) is 11.3. The highest BCUT2D eigenvalue weighted by atomic mass is 32.2. The molecule has 0 fully saturated rings. The number of fused-ring (bicyclic) bond motifs is 2. The van der Waals surface area contributed by atoms with Crippen LogP contribution in [0, 0.1) is 0 Å². The average molecular weight is 423 g/mol. The van der Waals surface area contributed by atoms with E-state index >= 15 is 0 Å². The predicted octanol–water partition coefficient (Wildman–Crippen LogP) is 7.59. The van der Waals surface area contributed by atoms with Crippen LogP contribution < -0.4 is 0 Å². The lowest BCUT2D eigenvalue weighted by Crippen LogP contribution is -2.15. The lowest BCUT2D eigenvalue weighted by molar-refractivity contribution is 0.103. The van der Waals surface area contributed by atoms with Crippen LogP contribution >= 0.6 is 23.5 Å². The van der Waals surface area contributed by atoms with Gasteiger partial charge in [0.05, 0.1) is 0 Å². The number of carbonyl (C=O) groups is 1. The van der Waals surface area contributed by atoms with Gasteiger partial charge in [0.2, 0.25) is 0 Å². The van der Waals surface area contributed by atoms with Crippen LogP contribution in [0.5, 0.6) is 0 Å². The maximum Gasteiger partial charge on any atom is 0.194 e. The minimum Gasteiger partial charge on any atom is -0.289 e. The Kier molecular flexibility index (Phi) is 5.07. The molecule has 4 aromatic carbocycles. The van der Waals surface area contributed by atoms with Gasteiger partial charge in [0.25, 0.3) is 0 Å². The molecule has 0 saturated carbocycles. The SMILES string of the molecule is C=C1c2c(Sc3ccccc3)cccc2C(=O)c2cccc(Sc3ccccc3)c21. The average Bonchev–Trinajstić information content (AvgIpc) is 2.79. The Morgan fingerprint density at radius 2 is 0.967 bits per heavy atom. The summed E-state index contributed by atoms with van der Waals surface area (Å²) in [6.45, 7) is 4.46. The molecule has 0 aliphatic heterocycles. The molecule has 1 nitrogen and oxygen atoms in total. The van der Waals surface area contributed by atoms with Crippen molar-refractivity contribution >= 4 is 34.9 Å². The van der Waals surface area contributed by atoms with Crippen LogP contribution in [0.3, 0.4) is 0 Å². The molecule has 3 heteroatoms. The van der Waals surface area contributed by atoms with Gasteiger partial charge in [-0.1, -0.05) is 90.8 Å². The smallest absolute Gasteiger partial charge is 0.194 e. The van der Waals surface area contributed by atoms with Gasteiger partial charge in [0, 0.05) is 41.8 Å². The molecule has 0 saturated heterocycles. The zero-order chi connectivity index (χ0) is 20.5. The van der Waals surface area contributed by atoms with E-state index in [-0.39, 0.29) is 5.78 Å². The Morgan fingerprint density at radius 3 is 1.40 bits per heavy atom. The maximum atomic E-state index is 13.4. The van der Waals surface area contributed by atoms with Gasteiger partial charge in [-0.2, -0.15) is 0 Å². The van der Waals surface area contributed by atoms with E-state index in [1.165, 1.54) is 0 Å². The summed E-state index contributed by atoms with van der Waals surface area (Å²) in [4.78, 5) is 17.8. The van der Waals surface area contributed by atoms with E-state index in [9.17, 15) is 4.79 Å². The molecular formula is C27H18OS2. The molecular weight excluding hydrogens is 404 g/mol. The fourth-order valence-electron chi connectivity index (χ4n) is 3.73. The number of rotatable bonds is 4. The Labute approximate surface area is 184 Å². The molecule has 30 heavy (non-hydrogen) atoms. The molecule has 0 N–H and O–H groups in total. The minimum absolute atomic E-state index is 0.0680. The van der Waals surface area contributed by atoms with E-state index in [4.69, 9.17) is 0 Å². The summed E-state index contributed by atoms with van der Waals surface area (Å²) in [5, 5.41) is 0. The second kappa shape index (κ2) is 8.02. The molecule has 0 spiro atoms. The Bertz CT molecular complexity index is 1160. The lowest BCUT2D eigenvalue weighted by atomic mass is 9.82. The summed E-state index contributed by atoms with van der Waals surface area (Å²) in [5.74, 6) is 0.0680. The van der Waals surface area contributed by atoms with Crippen molar-refractivity contribution in [2.24, 2.45) is 0 Å². The van der Waals surface area contributed by atoms with Crippen LogP contribution in [-0.2, 0) is 0 Å². The third kappa shape index (κ3) is 3.41. The zero-order valence-corrected chi connectivity index (χ0v) is 17.8. The van der Waals surface area contributed by atoms with Gasteiger partial charge in [-0.15, -0.1) is 0 Å². The molecule has 0 amide bonds. The van der Waals surface area contributed by atoms with Crippen molar-refractivity contribution in [1.82, 2.24) is 0 Å². The highest BCUT2D eigenvalue weighted by molar-refractivity contribution is 7.99. The number of carbonyl (C=O) groups excluding carboxylic acids is 1. The highest BCUT2D eigenvalue weighted by Crippen LogP contribution is 2.46. The number of benzene rings is 4. The number of ketones is 1. The quantitative estimate of drug-likeness (QED) is 0.297. The van der Waals surface area contributed by atoms with Crippen molar-refractivity contribution in [2.75, 3.05) is 0 Å². The van der Waals surface area contributed by atoms with E-state index in [2.05, 4.69) is 43.0 Å². The van der Waals surface area contributed by atoms with Gasteiger partial charge in [0.1, 0.15) is 0 Å². The standard InChI is InChI=1S/C27H18OS2/c1-18-25-21(14-8-16-23(25)29-19-10-4-2-5-11-19)27(28)22-15-9-17-24(26(18)22)30-20-12-6-3-7-13-20/h2-17H,1H2. The van der Waals surface area contributed by atoms with Crippen LogP contribution in [0.15, 0.2) is 123 Å². The molecule has 0 aromatic heterocycles. The predicted molar refractivity (Wildman–Crippen MR) is 126 cm³/mol. The molecule has 5 rings (SSSR count). The van der Waals surface area contributed by atoms with Gasteiger partial charge >= 0.3 is 0 Å². The van der Waals surface area contributed by atoms with Gasteiger partial charge < -0.3 is 0 Å². The van der Waals surface area contributed by atoms with Crippen molar-refractivity contribution in [3.8, 4) is 0 Å². The van der Waals surface area contributed by atoms with E-state index in [1.54, 1.807) is 23.5 Å². The summed E-state index contributed by atoms with van der Waals surface area (Å²) in [6.07, 6.45) is 0. The van der Waals surface area contributed by atoms with Gasteiger partial charge in [-0.3, -0.25) is 4.79 Å². The fraction of sp³-hybridized carbons (Fsp3) is 0. The van der Waals surface area contributed by atoms with E-state index in [1.807, 2.05) is 60.7 Å². The second-order valence-electron chi connectivity index (χ2n) is 7.00. The second-order valence-corrected chi connectivity index (χ2v) is 9.23. The van der Waals surface area contributed by atoms with E-state index < -0.39 is 0 Å². The van der Waals surface area contributed by atoms with Gasteiger partial charge in [-0.05, 0) is 42.0 Å². The largest absolute Gasteiger partial charge is 0.289 e. The third-order valence-corrected chi connectivity index (χ3v) is 7.22. The Hall–Kier alpha value is -3.01. The van der Waals surface area contributed by atoms with Crippen molar-refractivity contribution in [2.45, 2.75) is 19.6 Å². The Morgan fingerprint density at radius 1 is 0.533 bits per heavy atom. The lowest BCUT2D eigenvalue weighted by Gasteiger charge is -2.25. The first-order valence-electron chi connectivity index (χ1n) is 9.68. The fourth-order valence-corrected chi connectivity index (χ4v) is 5.79. The van der Waals surface area contributed by atoms with Crippen LogP contribution in [0.25, 0.3) is 5.57 Å². The van der Waals surface area contributed by atoms with Gasteiger partial charge in [-0.25, -0.2) is 0 Å². The van der Waals surface area contributed by atoms with Crippen molar-refractivity contribution in [3.05, 3.63) is 126 Å². The van der Waals surface area contributed by atoms with Crippen molar-refractivity contribution in [1.29, 1.82) is 0 Å². The topological polar surface area (TPSA) is 17.1 Å². The van der Waals surface area contributed by atoms with Crippen molar-refractivity contribution in [3.63, 3.8) is 0 Å². The zero-order valence-electron chi connectivity index (χ0n) is 16.2. The molecule has 0 heterocycles. The monoisotopic (exact) mass is 422 g/mol. The normalized spacial score (nSPS) is 12.4. The first kappa shape index (κ1) is 19.0. The highest BCUT2D eigenvalue weighted by Gasteiger charge is 2.30. The molecule has 0 unspecified atom stereocenters. The maximum absolute atomic E-state index is 13.4. The molecule has 0 atom stereocenters. The molecule has 1 aliphatic carbocycles. The van der Waals surface area contributed by atoms with Crippen LogP contribution in [0.1, 0.15) is 27.0 Å². The molecule has 0 radical (unpaired) electrons. The van der Waals surface area contributed by atoms with Crippen LogP contribution in [0.2, 0.25) is 0 Å². The summed E-state index contributed by atoms with van der Waals surface area (Å²) >= 11 is 3.35. The third-order valence-electron chi connectivity index (χ3n) is 5.09. The van der Waals surface area contributed by atoms with Crippen LogP contribution in [-0.4, -0.2) is 5.78 Å². The summed E-state index contributed by atoms with van der Waals surface area (Å²) in [5.41, 5.74) is 4.28. The molecule has 144 valence electrons. The molecule has 4 aromatic rings. The molecule has 0 bridgehead atoms. The van der Waals surface area contributed by atoms with Crippen LogP contribution in [0.4, 0.5) is 0 Å². The summed E-state index contributed by atoms with van der Waals surface area (Å²) in [6, 6.07) is 32.4. The Balaban J connectivity index is 1.62. The van der Waals surface area contributed by atoms with E-state index in [0.29, 0.717) is 0 Å².